The summed E-state index contributed by atoms with van der Waals surface area (Å²) in [6, 6.07) is 3.02. The third-order valence-electron chi connectivity index (χ3n) is 8.86. The van der Waals surface area contributed by atoms with Gasteiger partial charge in [0.2, 0.25) is 0 Å². The van der Waals surface area contributed by atoms with Gasteiger partial charge in [-0.05, 0) is 87.7 Å². The van der Waals surface area contributed by atoms with Crippen LogP contribution in [-0.2, 0) is 35.9 Å². The fourth-order valence-electron chi connectivity index (χ4n) is 6.83. The van der Waals surface area contributed by atoms with E-state index >= 15 is 0 Å². The molecular formula is C24H28F9NO8S3. The summed E-state index contributed by atoms with van der Waals surface area (Å²) in [5, 5.41) is -3.14. The van der Waals surface area contributed by atoms with Crippen molar-refractivity contribution < 1.29 is 74.6 Å². The molecule has 0 saturated heterocycles. The van der Waals surface area contributed by atoms with Crippen molar-refractivity contribution >= 4 is 31.1 Å². The van der Waals surface area contributed by atoms with Gasteiger partial charge in [0.05, 0.1) is 5.60 Å². The molecular weight excluding hydrogens is 697 g/mol. The minimum Gasteiger partial charge on any atom is -0.378 e. The van der Waals surface area contributed by atoms with Gasteiger partial charge in [0.1, 0.15) is 5.75 Å². The van der Waals surface area contributed by atoms with Gasteiger partial charge in [0.15, 0.2) is 17.3 Å². The standard InChI is InChI=1S/C24H28F9NO8S3/c1-19(2,20-10-13-7-14(11-20)9-15(8-13)12-20)41-18(35)16-3-5-17(6-4-16)42-45(39,40)23(29,30)21(25,26)22(27,28)43(36)34-44(37,38)24(31,32)33/h3-6,13-15,18,34-35H,7-12H2,1-2H3. The lowest BCUT2D eigenvalue weighted by Crippen LogP contribution is -2.62. The maximum absolute atomic E-state index is 14.4. The van der Waals surface area contributed by atoms with Crippen LogP contribution < -0.4 is 8.31 Å². The molecule has 45 heavy (non-hydrogen) atoms. The SMILES string of the molecule is CC(C)(OC(O)c1ccc(OS(=O)(=O)C(F)(F)C(F)(F)C(F)(F)S(=O)NS(=O)(=O)C(F)(F)F)cc1)C12CC3CC(CC(C3)C1)C2. The Kier molecular flexibility index (Phi) is 9.00. The van der Waals surface area contributed by atoms with E-state index in [1.807, 2.05) is 13.8 Å². The van der Waals surface area contributed by atoms with Gasteiger partial charge in [-0.15, -0.1) is 4.13 Å². The van der Waals surface area contributed by atoms with Gasteiger partial charge in [-0.25, -0.2) is 12.6 Å². The topological polar surface area (TPSA) is 136 Å². The molecule has 4 saturated carbocycles. The summed E-state index contributed by atoms with van der Waals surface area (Å²) < 4.78 is 189. The predicted octanol–water partition coefficient (Wildman–Crippen LogP) is 5.32. The maximum atomic E-state index is 14.4. The molecule has 0 spiro atoms. The zero-order valence-corrected chi connectivity index (χ0v) is 25.7. The molecule has 1 aromatic rings. The van der Waals surface area contributed by atoms with Crippen LogP contribution in [0.1, 0.15) is 64.2 Å². The number of aliphatic hydroxyl groups is 1. The van der Waals surface area contributed by atoms with Gasteiger partial charge in [-0.1, -0.05) is 12.1 Å². The number of halogens is 9. The van der Waals surface area contributed by atoms with Crippen molar-refractivity contribution in [3.8, 4) is 5.75 Å². The number of alkyl halides is 9. The van der Waals surface area contributed by atoms with Crippen molar-refractivity contribution in [1.29, 1.82) is 0 Å². The second-order valence-electron chi connectivity index (χ2n) is 12.2. The summed E-state index contributed by atoms with van der Waals surface area (Å²) >= 11 is 0. The molecule has 5 rings (SSSR count). The van der Waals surface area contributed by atoms with Crippen LogP contribution >= 0.6 is 0 Å². The number of sulfonamides is 1. The predicted molar refractivity (Wildman–Crippen MR) is 138 cm³/mol. The first-order chi connectivity index (χ1) is 20.2. The summed E-state index contributed by atoms with van der Waals surface area (Å²) in [5.41, 5.74) is -7.57. The molecule has 2 unspecified atom stereocenters. The van der Waals surface area contributed by atoms with E-state index < -0.39 is 74.8 Å². The van der Waals surface area contributed by atoms with Gasteiger partial charge >= 0.3 is 42.1 Å². The Morgan fingerprint density at radius 1 is 0.867 bits per heavy atom. The second kappa shape index (κ2) is 11.2. The van der Waals surface area contributed by atoms with E-state index in [9.17, 15) is 65.7 Å². The number of aliphatic hydroxyl groups excluding tert-OH is 1. The number of ether oxygens (including phenoxy) is 1. The fourth-order valence-corrected chi connectivity index (χ4v) is 9.76. The first-order valence-electron chi connectivity index (χ1n) is 13.2. The molecule has 4 aliphatic rings. The number of hydrogen-bond donors (Lipinski definition) is 2. The Balaban J connectivity index is 1.47. The van der Waals surface area contributed by atoms with Crippen LogP contribution in [0.2, 0.25) is 0 Å². The van der Waals surface area contributed by atoms with Gasteiger partial charge in [0.25, 0.3) is 0 Å². The number of benzene rings is 1. The first kappa shape index (κ1) is 36.2. The van der Waals surface area contributed by atoms with Gasteiger partial charge in [-0.2, -0.15) is 47.9 Å². The lowest BCUT2D eigenvalue weighted by molar-refractivity contribution is -0.253. The largest absolute Gasteiger partial charge is 0.512 e. The molecule has 2 atom stereocenters. The van der Waals surface area contributed by atoms with Gasteiger partial charge in [0, 0.05) is 5.56 Å². The van der Waals surface area contributed by atoms with E-state index in [2.05, 4.69) is 4.18 Å². The maximum Gasteiger partial charge on any atom is 0.512 e. The molecule has 4 fully saturated rings. The Hall–Kier alpha value is -1.68. The normalized spacial score (nSPS) is 27.8. The summed E-state index contributed by atoms with van der Waals surface area (Å²) in [4.78, 5) is 0. The van der Waals surface area contributed by atoms with Crippen molar-refractivity contribution in [3.05, 3.63) is 29.8 Å². The molecule has 1 aromatic carbocycles. The van der Waals surface area contributed by atoms with E-state index in [1.165, 1.54) is 0 Å². The van der Waals surface area contributed by atoms with E-state index in [1.54, 1.807) is 0 Å². The smallest absolute Gasteiger partial charge is 0.378 e. The monoisotopic (exact) mass is 725 g/mol. The van der Waals surface area contributed by atoms with Crippen LogP contribution in [0.15, 0.2) is 24.3 Å². The van der Waals surface area contributed by atoms with Crippen LogP contribution in [0.25, 0.3) is 0 Å². The first-order valence-corrected chi connectivity index (χ1v) is 17.3. The van der Waals surface area contributed by atoms with Gasteiger partial charge < -0.3 is 14.0 Å². The second-order valence-corrected chi connectivity index (χ2v) is 17.0. The average Bonchev–Trinajstić information content (AvgIpc) is 2.86. The van der Waals surface area contributed by atoms with E-state index in [0.29, 0.717) is 29.9 Å². The van der Waals surface area contributed by atoms with Crippen LogP contribution in [0.4, 0.5) is 39.5 Å². The minimum absolute atomic E-state index is 0.0477. The molecule has 4 aliphatic carbocycles. The minimum atomic E-state index is -7.29. The molecule has 0 aromatic heterocycles. The lowest BCUT2D eigenvalue weighted by Gasteiger charge is -2.62. The fraction of sp³-hybridized carbons (Fsp3) is 0.750. The van der Waals surface area contributed by atoms with Crippen LogP contribution in [0, 0.1) is 23.2 Å². The summed E-state index contributed by atoms with van der Waals surface area (Å²) in [6.45, 7) is 3.65. The quantitative estimate of drug-likeness (QED) is 0.168. The van der Waals surface area contributed by atoms with Crippen molar-refractivity contribution in [2.45, 2.75) is 86.2 Å². The van der Waals surface area contributed by atoms with Crippen LogP contribution in [0.3, 0.4) is 0 Å². The Morgan fingerprint density at radius 3 is 1.73 bits per heavy atom. The number of nitrogens with one attached hydrogen (secondary N) is 1. The number of rotatable bonds is 12. The summed E-state index contributed by atoms with van der Waals surface area (Å²) in [5.74, 6) is -6.80. The highest BCUT2D eigenvalue weighted by Gasteiger charge is 2.81. The molecule has 2 N–H and O–H groups in total. The Labute approximate surface area is 254 Å². The number of hydrogen-bond acceptors (Lipinski definition) is 8. The highest BCUT2D eigenvalue weighted by atomic mass is 32.3. The van der Waals surface area contributed by atoms with Crippen molar-refractivity contribution in [1.82, 2.24) is 4.13 Å². The zero-order valence-electron chi connectivity index (χ0n) is 23.3. The summed E-state index contributed by atoms with van der Waals surface area (Å²) in [6.07, 6.45) is 4.51. The molecule has 0 radical (unpaired) electrons. The lowest BCUT2D eigenvalue weighted by atomic mass is 9.46. The summed E-state index contributed by atoms with van der Waals surface area (Å²) in [7, 11) is -19.6. The van der Waals surface area contributed by atoms with Crippen LogP contribution in [0.5, 0.6) is 5.75 Å². The van der Waals surface area contributed by atoms with Crippen molar-refractivity contribution in [2.24, 2.45) is 23.2 Å². The molecule has 0 amide bonds. The molecule has 0 aliphatic heterocycles. The Bertz CT molecular complexity index is 1500. The Morgan fingerprint density at radius 2 is 1.31 bits per heavy atom. The molecule has 9 nitrogen and oxygen atoms in total. The highest BCUT2D eigenvalue weighted by molar-refractivity contribution is 8.02. The average molecular weight is 726 g/mol. The third-order valence-corrected chi connectivity index (χ3v) is 13.0. The van der Waals surface area contributed by atoms with E-state index in [0.717, 1.165) is 50.7 Å². The highest BCUT2D eigenvalue weighted by Crippen LogP contribution is 2.64. The molecule has 258 valence electrons. The van der Waals surface area contributed by atoms with Gasteiger partial charge in [-0.3, -0.25) is 0 Å². The zero-order chi connectivity index (χ0) is 34.2. The van der Waals surface area contributed by atoms with E-state index in [-0.39, 0.29) is 11.0 Å². The molecule has 21 heteroatoms. The molecule has 4 bridgehead atoms. The third kappa shape index (κ3) is 6.20. The van der Waals surface area contributed by atoms with E-state index in [4.69, 9.17) is 4.74 Å². The van der Waals surface area contributed by atoms with Crippen molar-refractivity contribution in [2.75, 3.05) is 0 Å². The van der Waals surface area contributed by atoms with Crippen LogP contribution in [-0.4, -0.2) is 53.7 Å². The molecule has 0 heterocycles. The van der Waals surface area contributed by atoms with Crippen molar-refractivity contribution in [3.63, 3.8) is 0 Å².